The molecule has 7 heteroatoms. The Morgan fingerprint density at radius 3 is 2.65 bits per heavy atom. The Balaban J connectivity index is 2.57. The second-order valence-electron chi connectivity index (χ2n) is 3.05. The lowest BCUT2D eigenvalue weighted by atomic mass is 10.3. The Hall–Kier alpha value is 0.140. The van der Waals surface area contributed by atoms with Gasteiger partial charge in [-0.05, 0) is 24.6 Å². The number of halogens is 1. The number of fused-ring (bicyclic) bond motifs is 1. The van der Waals surface area contributed by atoms with Crippen LogP contribution in [0.2, 0.25) is 0 Å². The molecule has 1 heterocycles. The molecule has 0 aliphatic heterocycles. The van der Waals surface area contributed by atoms with Gasteiger partial charge in [-0.3, -0.25) is 0 Å². The first-order valence-corrected chi connectivity index (χ1v) is 10.5. The summed E-state index contributed by atoms with van der Waals surface area (Å²) in [6, 6.07) is 8.08. The van der Waals surface area contributed by atoms with Crippen molar-refractivity contribution in [2.45, 2.75) is 0 Å². The first-order chi connectivity index (χ1) is 8.30. The van der Waals surface area contributed by atoms with Crippen LogP contribution in [0.3, 0.4) is 0 Å². The van der Waals surface area contributed by atoms with Gasteiger partial charge in [-0.25, -0.2) is 8.96 Å². The van der Waals surface area contributed by atoms with E-state index in [1.807, 2.05) is 34.7 Å². The van der Waals surface area contributed by atoms with Crippen LogP contribution in [0.1, 0.15) is 0 Å². The van der Waals surface area contributed by atoms with Gasteiger partial charge in [0.15, 0.2) is 0 Å². The molecule has 0 amide bonds. The second-order valence-corrected chi connectivity index (χ2v) is 6.58. The van der Waals surface area contributed by atoms with E-state index in [4.69, 9.17) is 0 Å². The standard InChI is InChI=1S/C10H10IN3S3/c1-15-10(16-2)13-9-12-7-5-3-4-6-8(7)14(9)17-11/h3-6H,1-2H3. The van der Waals surface area contributed by atoms with Crippen LogP contribution in [-0.2, 0) is 0 Å². The average Bonchev–Trinajstić information content (AvgIpc) is 2.72. The highest BCUT2D eigenvalue weighted by Gasteiger charge is 2.10. The van der Waals surface area contributed by atoms with Crippen molar-refractivity contribution >= 4 is 75.2 Å². The summed E-state index contributed by atoms with van der Waals surface area (Å²) in [5.41, 5.74) is 2.09. The van der Waals surface area contributed by atoms with Gasteiger partial charge in [0.1, 0.15) is 4.38 Å². The predicted molar refractivity (Wildman–Crippen MR) is 90.9 cm³/mol. The van der Waals surface area contributed by atoms with Crippen molar-refractivity contribution in [3.8, 4) is 0 Å². The highest BCUT2D eigenvalue weighted by atomic mass is 127. The van der Waals surface area contributed by atoms with Crippen molar-refractivity contribution in [1.29, 1.82) is 0 Å². The van der Waals surface area contributed by atoms with Gasteiger partial charge in [0.2, 0.25) is 5.95 Å². The molecular weight excluding hydrogens is 385 g/mol. The Morgan fingerprint density at radius 1 is 1.29 bits per heavy atom. The van der Waals surface area contributed by atoms with Crippen LogP contribution >= 0.6 is 53.8 Å². The number of hydrogen-bond donors (Lipinski definition) is 0. The topological polar surface area (TPSA) is 30.2 Å². The Morgan fingerprint density at radius 2 is 2.00 bits per heavy atom. The molecule has 0 aliphatic rings. The first-order valence-electron chi connectivity index (χ1n) is 4.73. The number of hydrogen-bond acceptors (Lipinski definition) is 5. The smallest absolute Gasteiger partial charge is 0.241 e. The number of imidazole rings is 1. The largest absolute Gasteiger partial charge is 0.243 e. The summed E-state index contributed by atoms with van der Waals surface area (Å²) < 4.78 is 3.06. The lowest BCUT2D eigenvalue weighted by Gasteiger charge is -2.00. The summed E-state index contributed by atoms with van der Waals surface area (Å²) in [4.78, 5) is 9.11. The molecule has 0 spiro atoms. The monoisotopic (exact) mass is 395 g/mol. The van der Waals surface area contributed by atoms with Crippen molar-refractivity contribution in [3.05, 3.63) is 24.3 Å². The molecule has 0 radical (unpaired) electrons. The molecule has 17 heavy (non-hydrogen) atoms. The summed E-state index contributed by atoms with van der Waals surface area (Å²) in [7, 11) is 1.59. The van der Waals surface area contributed by atoms with Crippen molar-refractivity contribution < 1.29 is 0 Å². The van der Waals surface area contributed by atoms with Gasteiger partial charge in [-0.1, -0.05) is 12.1 Å². The summed E-state index contributed by atoms with van der Waals surface area (Å²) in [6.45, 7) is 0. The fourth-order valence-electron chi connectivity index (χ4n) is 1.39. The van der Waals surface area contributed by atoms with E-state index in [0.29, 0.717) is 0 Å². The Kier molecular flexibility index (Phi) is 5.07. The summed E-state index contributed by atoms with van der Waals surface area (Å²) in [6.07, 6.45) is 4.05. The molecule has 0 atom stereocenters. The minimum atomic E-state index is 0.754. The molecule has 0 fully saturated rings. The van der Waals surface area contributed by atoms with Crippen LogP contribution in [-0.4, -0.2) is 25.8 Å². The molecule has 90 valence electrons. The highest BCUT2D eigenvalue weighted by Crippen LogP contribution is 2.31. The maximum Gasteiger partial charge on any atom is 0.243 e. The zero-order chi connectivity index (χ0) is 12.3. The number of benzene rings is 1. The molecular formula is C10H10IN3S3. The van der Waals surface area contributed by atoms with Crippen LogP contribution in [0.25, 0.3) is 11.0 Å². The average molecular weight is 395 g/mol. The van der Waals surface area contributed by atoms with Crippen LogP contribution < -0.4 is 0 Å². The van der Waals surface area contributed by atoms with Crippen molar-refractivity contribution in [3.63, 3.8) is 0 Å². The van der Waals surface area contributed by atoms with E-state index < -0.39 is 0 Å². The number of aliphatic imine (C=N–C) groups is 1. The Bertz CT molecular complexity index is 547. The summed E-state index contributed by atoms with van der Waals surface area (Å²) in [5.74, 6) is 0.754. The van der Waals surface area contributed by atoms with Crippen LogP contribution in [0, 0.1) is 0 Å². The molecule has 2 aromatic rings. The number of para-hydroxylation sites is 2. The molecule has 0 saturated carbocycles. The highest BCUT2D eigenvalue weighted by molar-refractivity contribution is 14.2. The lowest BCUT2D eigenvalue weighted by molar-refractivity contribution is 1.22. The molecule has 2 rings (SSSR count). The van der Waals surface area contributed by atoms with E-state index in [9.17, 15) is 0 Å². The second kappa shape index (κ2) is 6.35. The van der Waals surface area contributed by atoms with Gasteiger partial charge in [0.25, 0.3) is 0 Å². The van der Waals surface area contributed by atoms with Gasteiger partial charge in [0, 0.05) is 30.3 Å². The van der Waals surface area contributed by atoms with E-state index >= 15 is 0 Å². The molecule has 3 nitrogen and oxygen atoms in total. The molecule has 1 aromatic carbocycles. The predicted octanol–water partition coefficient (Wildman–Crippen LogP) is 4.60. The third kappa shape index (κ3) is 2.94. The third-order valence-corrected chi connectivity index (χ3v) is 5.67. The van der Waals surface area contributed by atoms with Crippen molar-refractivity contribution in [2.75, 3.05) is 12.5 Å². The van der Waals surface area contributed by atoms with Gasteiger partial charge < -0.3 is 0 Å². The Labute approximate surface area is 125 Å². The van der Waals surface area contributed by atoms with Gasteiger partial charge in [0.05, 0.1) is 11.0 Å². The van der Waals surface area contributed by atoms with Crippen LogP contribution in [0.15, 0.2) is 29.3 Å². The summed E-state index contributed by atoms with van der Waals surface area (Å²) >= 11 is 5.53. The van der Waals surface area contributed by atoms with Crippen molar-refractivity contribution in [1.82, 2.24) is 8.96 Å². The van der Waals surface area contributed by atoms with E-state index in [0.717, 1.165) is 21.4 Å². The quantitative estimate of drug-likeness (QED) is 0.423. The molecule has 0 aliphatic carbocycles. The number of aromatic nitrogens is 2. The zero-order valence-electron chi connectivity index (χ0n) is 9.25. The molecule has 0 unspecified atom stereocenters. The minimum absolute atomic E-state index is 0.754. The molecule has 0 saturated heterocycles. The fourth-order valence-corrected chi connectivity index (χ4v) is 3.94. The maximum atomic E-state index is 4.57. The van der Waals surface area contributed by atoms with E-state index in [1.54, 1.807) is 32.6 Å². The molecule has 1 aromatic heterocycles. The molecule has 0 bridgehead atoms. The normalized spacial score (nSPS) is 10.8. The third-order valence-electron chi connectivity index (χ3n) is 2.11. The number of nitrogens with zero attached hydrogens (tertiary/aromatic N) is 3. The van der Waals surface area contributed by atoms with Crippen LogP contribution in [0.5, 0.6) is 0 Å². The number of rotatable bonds is 2. The molecule has 0 N–H and O–H groups in total. The zero-order valence-corrected chi connectivity index (χ0v) is 13.9. The summed E-state index contributed by atoms with van der Waals surface area (Å²) in [5, 5.41) is 0. The fraction of sp³-hybridized carbons (Fsp3) is 0.200. The van der Waals surface area contributed by atoms with Crippen molar-refractivity contribution in [2.24, 2.45) is 4.99 Å². The SMILES string of the molecule is CSC(=Nc1nc2ccccc2n1SI)SC. The van der Waals surface area contributed by atoms with Gasteiger partial charge in [-0.2, -0.15) is 4.99 Å². The maximum absolute atomic E-state index is 4.57. The van der Waals surface area contributed by atoms with E-state index in [1.165, 1.54) is 0 Å². The van der Waals surface area contributed by atoms with E-state index in [2.05, 4.69) is 37.2 Å². The minimum Gasteiger partial charge on any atom is -0.241 e. The van der Waals surface area contributed by atoms with Crippen LogP contribution in [0.4, 0.5) is 5.95 Å². The first kappa shape index (κ1) is 13.6. The van der Waals surface area contributed by atoms with E-state index in [-0.39, 0.29) is 0 Å². The van der Waals surface area contributed by atoms with Gasteiger partial charge >= 0.3 is 0 Å². The number of thioether (sulfide) groups is 2. The van der Waals surface area contributed by atoms with Gasteiger partial charge in [-0.15, -0.1) is 23.5 Å². The lowest BCUT2D eigenvalue weighted by Crippen LogP contribution is -1.86.